The van der Waals surface area contributed by atoms with E-state index in [4.69, 9.17) is 6.92 Å². The smallest absolute Gasteiger partial charge is 0.110 e. The van der Waals surface area contributed by atoms with Crippen molar-refractivity contribution in [1.29, 1.82) is 0 Å². The molecule has 0 unspecified atom stereocenters. The number of hydrogen-bond donors (Lipinski definition) is 0. The zero-order chi connectivity index (χ0) is 4.41. The summed E-state index contributed by atoms with van der Waals surface area (Å²) in [7, 11) is 0. The van der Waals surface area contributed by atoms with Crippen LogP contribution in [0, 0.1) is 6.92 Å². The summed E-state index contributed by atoms with van der Waals surface area (Å²) in [5.41, 5.74) is 0.606. The van der Waals surface area contributed by atoms with Crippen LogP contribution in [0.3, 0.4) is 0 Å². The first kappa shape index (κ1) is 3.53. The van der Waals surface area contributed by atoms with E-state index in [0.29, 0.717) is 12.3 Å². The van der Waals surface area contributed by atoms with Gasteiger partial charge in [0.1, 0.15) is 6.34 Å². The van der Waals surface area contributed by atoms with Crippen LogP contribution in [-0.4, -0.2) is 18.6 Å². The van der Waals surface area contributed by atoms with Crippen molar-refractivity contribution in [3.05, 3.63) is 6.92 Å². The van der Waals surface area contributed by atoms with Gasteiger partial charge < -0.3 is 0 Å². The lowest BCUT2D eigenvalue weighted by atomic mass is 10.4. The first-order chi connectivity index (χ1) is 2.89. The summed E-state index contributed by atoms with van der Waals surface area (Å²) < 4.78 is 0. The van der Waals surface area contributed by atoms with E-state index in [-0.39, 0.29) is 0 Å². The maximum absolute atomic E-state index is 5.16. The van der Waals surface area contributed by atoms with Gasteiger partial charge >= 0.3 is 0 Å². The fourth-order valence-corrected chi connectivity index (χ4v) is 0.290. The van der Waals surface area contributed by atoms with Gasteiger partial charge in [0.2, 0.25) is 0 Å². The van der Waals surface area contributed by atoms with E-state index in [1.54, 1.807) is 0 Å². The minimum Gasteiger partial charge on any atom is -0.267 e. The molecule has 0 bridgehead atoms. The van der Waals surface area contributed by atoms with Crippen molar-refractivity contribution in [1.82, 2.24) is 0 Å². The summed E-state index contributed by atoms with van der Waals surface area (Å²) in [6, 6.07) is 0. The van der Waals surface area contributed by atoms with E-state index in [0.717, 1.165) is 0 Å². The van der Waals surface area contributed by atoms with Crippen LogP contribution in [0.15, 0.2) is 9.98 Å². The Morgan fingerprint density at radius 1 is 1.83 bits per heavy atom. The SMILES string of the molecule is [CH]C1=NC=NC1. The highest BCUT2D eigenvalue weighted by molar-refractivity contribution is 5.98. The Morgan fingerprint density at radius 2 is 2.67 bits per heavy atom. The van der Waals surface area contributed by atoms with Gasteiger partial charge in [-0.05, 0) is 0 Å². The molecule has 30 valence electrons. The van der Waals surface area contributed by atoms with Crippen LogP contribution in [0.5, 0.6) is 0 Å². The Labute approximate surface area is 36.6 Å². The van der Waals surface area contributed by atoms with Gasteiger partial charge in [0.15, 0.2) is 0 Å². The largest absolute Gasteiger partial charge is 0.267 e. The topological polar surface area (TPSA) is 24.7 Å². The number of rotatable bonds is 0. The zero-order valence-corrected chi connectivity index (χ0v) is 3.26. The van der Waals surface area contributed by atoms with Gasteiger partial charge in [0.05, 0.1) is 6.54 Å². The molecule has 1 heterocycles. The average Bonchev–Trinajstić information content (AvgIpc) is 1.86. The fraction of sp³-hybridized carbons (Fsp3) is 0.250. The second-order valence-electron chi connectivity index (χ2n) is 1.08. The summed E-state index contributed by atoms with van der Waals surface area (Å²) in [6.45, 7) is 5.74. The predicted octanol–water partition coefficient (Wildman–Crippen LogP) is 0.180. The van der Waals surface area contributed by atoms with E-state index in [1.807, 2.05) is 0 Å². The van der Waals surface area contributed by atoms with Gasteiger partial charge in [-0.3, -0.25) is 4.99 Å². The van der Waals surface area contributed by atoms with Gasteiger partial charge in [0.25, 0.3) is 0 Å². The quantitative estimate of drug-likeness (QED) is 0.396. The first-order valence-electron chi connectivity index (χ1n) is 1.70. The molecule has 1 rings (SSSR count). The molecule has 6 heavy (non-hydrogen) atoms. The maximum Gasteiger partial charge on any atom is 0.110 e. The molecule has 0 aromatic rings. The Hall–Kier alpha value is -0.660. The third kappa shape index (κ3) is 0.455. The van der Waals surface area contributed by atoms with Crippen molar-refractivity contribution in [2.45, 2.75) is 0 Å². The Kier molecular flexibility index (Phi) is 0.708. The Morgan fingerprint density at radius 3 is 2.83 bits per heavy atom. The van der Waals surface area contributed by atoms with E-state index >= 15 is 0 Å². The lowest BCUT2D eigenvalue weighted by Crippen LogP contribution is -1.88. The van der Waals surface area contributed by atoms with Crippen molar-refractivity contribution in [3.63, 3.8) is 0 Å². The maximum atomic E-state index is 5.16. The van der Waals surface area contributed by atoms with E-state index in [1.165, 1.54) is 6.34 Å². The van der Waals surface area contributed by atoms with Crippen LogP contribution in [0.25, 0.3) is 0 Å². The third-order valence-electron chi connectivity index (χ3n) is 0.558. The van der Waals surface area contributed by atoms with Gasteiger partial charge in [0, 0.05) is 12.6 Å². The monoisotopic (exact) mass is 80.0 g/mol. The second-order valence-corrected chi connectivity index (χ2v) is 1.08. The molecular weight excluding hydrogens is 76.1 g/mol. The zero-order valence-electron chi connectivity index (χ0n) is 3.26. The fourth-order valence-electron chi connectivity index (χ4n) is 0.290. The highest BCUT2D eigenvalue weighted by Crippen LogP contribution is 1.83. The summed E-state index contributed by atoms with van der Waals surface area (Å²) in [6.07, 6.45) is 1.47. The van der Waals surface area contributed by atoms with E-state index < -0.39 is 0 Å². The molecule has 0 aliphatic carbocycles. The van der Waals surface area contributed by atoms with Crippen molar-refractivity contribution in [2.24, 2.45) is 9.98 Å². The molecule has 0 saturated heterocycles. The third-order valence-corrected chi connectivity index (χ3v) is 0.558. The molecule has 2 radical (unpaired) electrons. The lowest BCUT2D eigenvalue weighted by molar-refractivity contribution is 1.36. The Bertz CT molecular complexity index is 102. The average molecular weight is 80.1 g/mol. The summed E-state index contributed by atoms with van der Waals surface area (Å²) >= 11 is 0. The molecule has 0 saturated carbocycles. The highest BCUT2D eigenvalue weighted by Gasteiger charge is 1.89. The highest BCUT2D eigenvalue weighted by atomic mass is 14.9. The second kappa shape index (κ2) is 1.20. The molecule has 2 heteroatoms. The number of hydrogen-bond acceptors (Lipinski definition) is 2. The summed E-state index contributed by atoms with van der Waals surface area (Å²) in [4.78, 5) is 7.35. The number of nitrogens with zero attached hydrogens (tertiary/aromatic N) is 2. The number of aliphatic imine (C=N–C) groups is 2. The molecule has 1 aliphatic heterocycles. The van der Waals surface area contributed by atoms with Crippen LogP contribution >= 0.6 is 0 Å². The molecule has 0 aromatic carbocycles. The van der Waals surface area contributed by atoms with Gasteiger partial charge in [-0.25, -0.2) is 4.99 Å². The Balaban J connectivity index is 2.61. The molecule has 0 fully saturated rings. The molecule has 0 atom stereocenters. The minimum absolute atomic E-state index is 0.583. The van der Waals surface area contributed by atoms with Crippen molar-refractivity contribution in [2.75, 3.05) is 6.54 Å². The van der Waals surface area contributed by atoms with Crippen LogP contribution < -0.4 is 0 Å². The van der Waals surface area contributed by atoms with Gasteiger partial charge in [-0.1, -0.05) is 0 Å². The van der Waals surface area contributed by atoms with Crippen LogP contribution in [-0.2, 0) is 0 Å². The predicted molar refractivity (Wildman–Crippen MR) is 25.1 cm³/mol. The van der Waals surface area contributed by atoms with Crippen molar-refractivity contribution in [3.8, 4) is 0 Å². The molecular formula is C4H4N2. The lowest BCUT2D eigenvalue weighted by Gasteiger charge is -1.74. The summed E-state index contributed by atoms with van der Waals surface area (Å²) in [5.74, 6) is 0. The van der Waals surface area contributed by atoms with Crippen LogP contribution in [0.4, 0.5) is 0 Å². The molecule has 0 amide bonds. The normalized spacial score (nSPS) is 18.5. The molecule has 0 N–H and O–H groups in total. The first-order valence-corrected chi connectivity index (χ1v) is 1.70. The van der Waals surface area contributed by atoms with Crippen LogP contribution in [0.2, 0.25) is 0 Å². The van der Waals surface area contributed by atoms with E-state index in [9.17, 15) is 0 Å². The molecule has 0 spiro atoms. The molecule has 1 aliphatic rings. The van der Waals surface area contributed by atoms with Gasteiger partial charge in [-0.2, -0.15) is 0 Å². The van der Waals surface area contributed by atoms with Crippen molar-refractivity contribution < 1.29 is 0 Å². The van der Waals surface area contributed by atoms with Crippen LogP contribution in [0.1, 0.15) is 0 Å². The minimum atomic E-state index is 0.583. The molecule has 2 nitrogen and oxygen atoms in total. The molecule has 0 aromatic heterocycles. The van der Waals surface area contributed by atoms with E-state index in [2.05, 4.69) is 9.98 Å². The standard InChI is InChI=1S/C4H4N2/c1-4-2-5-3-6-4/h1,3H,2H2. The summed E-state index contributed by atoms with van der Waals surface area (Å²) in [5, 5.41) is 0. The van der Waals surface area contributed by atoms with Gasteiger partial charge in [-0.15, -0.1) is 0 Å². The van der Waals surface area contributed by atoms with Crippen molar-refractivity contribution >= 4 is 12.1 Å².